The third-order valence-corrected chi connectivity index (χ3v) is 6.04. The van der Waals surface area contributed by atoms with Crippen LogP contribution in [0.15, 0.2) is 46.1 Å². The van der Waals surface area contributed by atoms with Crippen molar-refractivity contribution >= 4 is 7.75 Å². The Morgan fingerprint density at radius 3 is 2.83 bits per heavy atom. The zero-order valence-electron chi connectivity index (χ0n) is 14.7. The van der Waals surface area contributed by atoms with Crippen LogP contribution in [0.3, 0.4) is 0 Å². The van der Waals surface area contributed by atoms with Crippen molar-refractivity contribution in [3.8, 4) is 5.75 Å². The van der Waals surface area contributed by atoms with Gasteiger partial charge in [-0.25, -0.2) is 18.8 Å². The number of H-pyrrole nitrogens is 1. The zero-order valence-corrected chi connectivity index (χ0v) is 15.6. The first-order valence-corrected chi connectivity index (χ1v) is 10.1. The minimum atomic E-state index is -3.97. The number of fused-ring (bicyclic) bond motifs is 1. The van der Waals surface area contributed by atoms with Gasteiger partial charge in [0.05, 0.1) is 0 Å². The van der Waals surface area contributed by atoms with Crippen LogP contribution in [0.1, 0.15) is 11.8 Å². The lowest BCUT2D eigenvalue weighted by atomic mass is 10.1. The smallest absolute Gasteiger partial charge is 0.413 e. The van der Waals surface area contributed by atoms with Gasteiger partial charge < -0.3 is 19.5 Å². The van der Waals surface area contributed by atoms with Crippen LogP contribution in [0.5, 0.6) is 5.75 Å². The van der Waals surface area contributed by atoms with Gasteiger partial charge in [0, 0.05) is 24.4 Å². The van der Waals surface area contributed by atoms with Crippen LogP contribution < -0.4 is 20.9 Å². The number of alkyl halides is 1. The third kappa shape index (κ3) is 3.66. The highest BCUT2D eigenvalue weighted by Gasteiger charge is 2.57. The van der Waals surface area contributed by atoms with Crippen LogP contribution in [0.2, 0.25) is 0 Å². The van der Waals surface area contributed by atoms with Gasteiger partial charge in [0.1, 0.15) is 24.6 Å². The molecule has 2 aliphatic heterocycles. The normalized spacial score (nSPS) is 33.8. The molecule has 1 saturated heterocycles. The molecule has 1 unspecified atom stereocenters. The van der Waals surface area contributed by atoms with Crippen molar-refractivity contribution in [3.63, 3.8) is 0 Å². The molecule has 0 amide bonds. The molecule has 0 saturated carbocycles. The molecule has 2 aliphatic rings. The summed E-state index contributed by atoms with van der Waals surface area (Å²) < 4.78 is 44.0. The molecule has 1 aromatic carbocycles. The van der Waals surface area contributed by atoms with Gasteiger partial charge in [-0.15, -0.1) is 0 Å². The number of halogens is 1. The van der Waals surface area contributed by atoms with Gasteiger partial charge in [0.15, 0.2) is 6.23 Å². The molecule has 4 N–H and O–H groups in total. The summed E-state index contributed by atoms with van der Waals surface area (Å²) in [5.41, 5.74) is -0.948. The maximum atomic E-state index is 15.2. The highest BCUT2D eigenvalue weighted by Crippen LogP contribution is 2.50. The van der Waals surface area contributed by atoms with Gasteiger partial charge >= 0.3 is 13.4 Å². The third-order valence-electron chi connectivity index (χ3n) is 4.58. The van der Waals surface area contributed by atoms with Gasteiger partial charge in [-0.05, 0) is 6.07 Å². The molecule has 0 radical (unpaired) electrons. The van der Waals surface area contributed by atoms with Crippen LogP contribution in [0.4, 0.5) is 4.39 Å². The molecule has 2 aromatic rings. The Hall–Kier alpha value is -2.34. The standard InChI is InChI=1S/C16H17FN3O8P/c17-16(8-26-29(25)18-7-9-3-1-2-4-10(9)28-29)13(23)12(22)14(27-16)20-6-5-11(21)19-15(20)24/h1-6,12-14,22-23H,7-8H2,(H,18,25)(H,19,21,24)/t12-,13+,14-,16-,29?/m1/s1. The Balaban J connectivity index is 1.51. The maximum absolute atomic E-state index is 15.2. The second-order valence-corrected chi connectivity index (χ2v) is 8.30. The number of para-hydroxylation sites is 1. The largest absolute Gasteiger partial charge is 0.459 e. The number of aliphatic hydroxyl groups excluding tert-OH is 2. The summed E-state index contributed by atoms with van der Waals surface area (Å²) in [6.07, 6.45) is -4.66. The minimum absolute atomic E-state index is 0.147. The number of hydrogen-bond acceptors (Lipinski definition) is 8. The van der Waals surface area contributed by atoms with E-state index in [-0.39, 0.29) is 6.54 Å². The lowest BCUT2D eigenvalue weighted by molar-refractivity contribution is -0.204. The first-order chi connectivity index (χ1) is 13.7. The highest BCUT2D eigenvalue weighted by molar-refractivity contribution is 7.52. The number of rotatable bonds is 4. The minimum Gasteiger partial charge on any atom is -0.413 e. The lowest BCUT2D eigenvalue weighted by Gasteiger charge is -2.29. The van der Waals surface area contributed by atoms with Crippen molar-refractivity contribution in [2.75, 3.05) is 6.61 Å². The number of hydrogen-bond donors (Lipinski definition) is 4. The molecule has 156 valence electrons. The summed E-state index contributed by atoms with van der Waals surface area (Å²) in [6.45, 7) is -0.916. The zero-order chi connectivity index (χ0) is 20.8. The Labute approximate surface area is 162 Å². The molecule has 3 heterocycles. The van der Waals surface area contributed by atoms with Crippen LogP contribution >= 0.6 is 7.75 Å². The molecule has 0 spiro atoms. The average molecular weight is 429 g/mol. The summed E-state index contributed by atoms with van der Waals surface area (Å²) in [5, 5.41) is 22.8. The summed E-state index contributed by atoms with van der Waals surface area (Å²) in [4.78, 5) is 25.0. The van der Waals surface area contributed by atoms with Gasteiger partial charge in [0.25, 0.3) is 11.4 Å². The van der Waals surface area contributed by atoms with Crippen molar-refractivity contribution < 1.29 is 33.0 Å². The number of nitrogens with one attached hydrogen (secondary N) is 2. The summed E-state index contributed by atoms with van der Waals surface area (Å²) >= 11 is 0. The molecule has 1 fully saturated rings. The fraction of sp³-hybridized carbons (Fsp3) is 0.375. The highest BCUT2D eigenvalue weighted by atomic mass is 31.2. The number of benzene rings is 1. The van der Waals surface area contributed by atoms with Crippen molar-refractivity contribution in [3.05, 3.63) is 62.9 Å². The molecule has 5 atom stereocenters. The molecular weight excluding hydrogens is 412 g/mol. The number of aliphatic hydroxyl groups is 2. The van der Waals surface area contributed by atoms with Crippen LogP contribution in [0, 0.1) is 0 Å². The first kappa shape index (κ1) is 20.0. The van der Waals surface area contributed by atoms with Crippen molar-refractivity contribution in [2.45, 2.75) is 30.8 Å². The van der Waals surface area contributed by atoms with E-state index in [0.29, 0.717) is 10.3 Å². The number of aromatic amines is 1. The summed E-state index contributed by atoms with van der Waals surface area (Å²) in [6, 6.07) is 7.71. The van der Waals surface area contributed by atoms with Crippen LogP contribution in [-0.4, -0.2) is 44.4 Å². The van der Waals surface area contributed by atoms with E-state index in [4.69, 9.17) is 13.8 Å². The Morgan fingerprint density at radius 1 is 1.31 bits per heavy atom. The quantitative estimate of drug-likeness (QED) is 0.483. The van der Waals surface area contributed by atoms with Gasteiger partial charge in [0.2, 0.25) is 0 Å². The number of aromatic nitrogens is 2. The summed E-state index contributed by atoms with van der Waals surface area (Å²) in [7, 11) is -3.97. The van der Waals surface area contributed by atoms with E-state index in [1.54, 1.807) is 24.3 Å². The molecule has 0 bridgehead atoms. The van der Waals surface area contributed by atoms with E-state index >= 15 is 4.39 Å². The SMILES string of the molecule is O=c1ccn([C@@H]2O[C@](F)(COP3(=O)NCc4ccccc4O3)[C@@H](O)[C@H]2O)c(=O)[nH]1. The van der Waals surface area contributed by atoms with Crippen LogP contribution in [-0.2, 0) is 20.4 Å². The summed E-state index contributed by atoms with van der Waals surface area (Å²) in [5.74, 6) is -2.70. The van der Waals surface area contributed by atoms with E-state index in [2.05, 4.69) is 5.09 Å². The van der Waals surface area contributed by atoms with Gasteiger partial charge in [-0.3, -0.25) is 18.9 Å². The van der Waals surface area contributed by atoms with Crippen molar-refractivity contribution in [2.24, 2.45) is 0 Å². The second-order valence-electron chi connectivity index (χ2n) is 6.55. The first-order valence-electron chi connectivity index (χ1n) is 8.52. The number of ether oxygens (including phenoxy) is 1. The topological polar surface area (TPSA) is 152 Å². The molecule has 13 heteroatoms. The van der Waals surface area contributed by atoms with Gasteiger partial charge in [-0.1, -0.05) is 18.2 Å². The molecule has 29 heavy (non-hydrogen) atoms. The van der Waals surface area contributed by atoms with E-state index in [1.807, 2.05) is 4.98 Å². The monoisotopic (exact) mass is 429 g/mol. The van der Waals surface area contributed by atoms with E-state index in [1.165, 1.54) is 0 Å². The average Bonchev–Trinajstić information content (AvgIpc) is 2.91. The fourth-order valence-electron chi connectivity index (χ4n) is 3.05. The predicted molar refractivity (Wildman–Crippen MR) is 94.8 cm³/mol. The lowest BCUT2D eigenvalue weighted by Crippen LogP contribution is -2.43. The molecule has 11 nitrogen and oxygen atoms in total. The molecular formula is C16H17FN3O8P. The van der Waals surface area contributed by atoms with Gasteiger partial charge in [-0.2, -0.15) is 0 Å². The Morgan fingerprint density at radius 2 is 2.07 bits per heavy atom. The van der Waals surface area contributed by atoms with E-state index < -0.39 is 49.9 Å². The van der Waals surface area contributed by atoms with E-state index in [0.717, 1.165) is 17.8 Å². The Bertz CT molecular complexity index is 1090. The molecule has 1 aromatic heterocycles. The van der Waals surface area contributed by atoms with Crippen molar-refractivity contribution in [1.82, 2.24) is 14.6 Å². The molecule has 0 aliphatic carbocycles. The fourth-order valence-corrected chi connectivity index (χ4v) is 4.40. The van der Waals surface area contributed by atoms with E-state index in [9.17, 15) is 24.4 Å². The van der Waals surface area contributed by atoms with Crippen LogP contribution in [0.25, 0.3) is 0 Å². The maximum Gasteiger partial charge on any atom is 0.459 e. The predicted octanol–water partition coefficient (Wildman–Crippen LogP) is -0.240. The Kier molecular flexibility index (Phi) is 4.93. The second kappa shape index (κ2) is 7.17. The van der Waals surface area contributed by atoms with Crippen molar-refractivity contribution in [1.29, 1.82) is 0 Å². The molecule has 4 rings (SSSR count). The number of nitrogens with zero attached hydrogens (tertiary/aromatic N) is 1.